The van der Waals surface area contributed by atoms with Crippen LogP contribution in [0.2, 0.25) is 0 Å². The van der Waals surface area contributed by atoms with E-state index in [2.05, 4.69) is 21.2 Å². The van der Waals surface area contributed by atoms with E-state index in [1.807, 2.05) is 42.3 Å². The zero-order valence-electron chi connectivity index (χ0n) is 14.9. The molecule has 8 heteroatoms. The number of para-hydroxylation sites is 1. The van der Waals surface area contributed by atoms with E-state index in [-0.39, 0.29) is 10.8 Å². The first-order chi connectivity index (χ1) is 12.2. The van der Waals surface area contributed by atoms with Gasteiger partial charge in [0.25, 0.3) is 5.91 Å². The van der Waals surface area contributed by atoms with Gasteiger partial charge in [0, 0.05) is 50.0 Å². The molecule has 0 aliphatic carbocycles. The Morgan fingerprint density at radius 2 is 1.73 bits per heavy atom. The molecule has 0 heterocycles. The number of nitrogens with one attached hydrogen (secondary N) is 1. The monoisotopic (exact) mass is 439 g/mol. The molecule has 0 bridgehead atoms. The van der Waals surface area contributed by atoms with Crippen LogP contribution in [0.3, 0.4) is 0 Å². The first-order valence-corrected chi connectivity index (χ1v) is 10.2. The highest BCUT2D eigenvalue weighted by Gasteiger charge is 2.22. The van der Waals surface area contributed by atoms with E-state index < -0.39 is 10.0 Å². The highest BCUT2D eigenvalue weighted by atomic mass is 79.9. The van der Waals surface area contributed by atoms with Crippen molar-refractivity contribution in [2.24, 2.45) is 0 Å². The first kappa shape index (κ1) is 20.4. The maximum atomic E-state index is 12.4. The van der Waals surface area contributed by atoms with Crippen molar-refractivity contribution in [3.8, 4) is 0 Å². The second-order valence-corrected chi connectivity index (χ2v) is 8.92. The third kappa shape index (κ3) is 4.84. The second kappa shape index (κ2) is 8.66. The van der Waals surface area contributed by atoms with E-state index in [0.29, 0.717) is 23.1 Å². The summed E-state index contributed by atoms with van der Waals surface area (Å²) in [6, 6.07) is 14.4. The van der Waals surface area contributed by atoms with Gasteiger partial charge < -0.3 is 10.2 Å². The van der Waals surface area contributed by atoms with Crippen LogP contribution in [0.25, 0.3) is 0 Å². The molecule has 0 unspecified atom stereocenters. The van der Waals surface area contributed by atoms with Crippen LogP contribution in [0.5, 0.6) is 0 Å². The van der Waals surface area contributed by atoms with E-state index in [1.54, 1.807) is 12.1 Å². The topological polar surface area (TPSA) is 69.7 Å². The Kier molecular flexibility index (Phi) is 6.80. The third-order valence-electron chi connectivity index (χ3n) is 3.88. The lowest BCUT2D eigenvalue weighted by Gasteiger charge is -2.19. The molecule has 0 aliphatic rings. The Labute approximate surface area is 163 Å². The number of carbonyl (C=O) groups excluding carboxylic acids is 1. The lowest BCUT2D eigenvalue weighted by atomic mass is 10.2. The van der Waals surface area contributed by atoms with Crippen LogP contribution >= 0.6 is 15.9 Å². The van der Waals surface area contributed by atoms with Crippen molar-refractivity contribution in [1.29, 1.82) is 0 Å². The van der Waals surface area contributed by atoms with E-state index in [9.17, 15) is 13.2 Å². The highest BCUT2D eigenvalue weighted by molar-refractivity contribution is 9.10. The number of nitrogens with zero attached hydrogens (tertiary/aromatic N) is 2. The molecule has 26 heavy (non-hydrogen) atoms. The molecule has 140 valence electrons. The van der Waals surface area contributed by atoms with Gasteiger partial charge in [0.05, 0.1) is 4.90 Å². The molecule has 2 rings (SSSR count). The van der Waals surface area contributed by atoms with Crippen molar-refractivity contribution in [3.63, 3.8) is 0 Å². The summed E-state index contributed by atoms with van der Waals surface area (Å²) in [4.78, 5) is 14.5. The minimum Gasteiger partial charge on any atom is -0.373 e. The number of carbonyl (C=O) groups is 1. The van der Waals surface area contributed by atoms with Crippen LogP contribution in [0.4, 0.5) is 5.69 Å². The SMILES string of the molecule is CN(CCNC(=O)c1ccc(Br)c(S(=O)(=O)N(C)C)c1)c1ccccc1. The van der Waals surface area contributed by atoms with E-state index in [1.165, 1.54) is 20.2 Å². The summed E-state index contributed by atoms with van der Waals surface area (Å²) >= 11 is 3.24. The second-order valence-electron chi connectivity index (χ2n) is 5.95. The molecular weight excluding hydrogens is 418 g/mol. The summed E-state index contributed by atoms with van der Waals surface area (Å²) in [6.45, 7) is 1.07. The van der Waals surface area contributed by atoms with Crippen molar-refractivity contribution < 1.29 is 13.2 Å². The van der Waals surface area contributed by atoms with Gasteiger partial charge in [0.2, 0.25) is 10.0 Å². The molecule has 0 saturated carbocycles. The van der Waals surface area contributed by atoms with Crippen LogP contribution in [-0.4, -0.2) is 52.9 Å². The third-order valence-corrected chi connectivity index (χ3v) is 6.69. The standard InChI is InChI=1S/C18H22BrN3O3S/c1-21(2)26(24,25)17-13-14(9-10-16(17)19)18(23)20-11-12-22(3)15-7-5-4-6-8-15/h4-10,13H,11-12H2,1-3H3,(H,20,23). The summed E-state index contributed by atoms with van der Waals surface area (Å²) in [5, 5.41) is 2.82. The number of likely N-dealkylation sites (N-methyl/N-ethyl adjacent to an activating group) is 1. The van der Waals surface area contributed by atoms with Crippen LogP contribution in [0, 0.1) is 0 Å². The normalized spacial score (nSPS) is 11.4. The van der Waals surface area contributed by atoms with Crippen LogP contribution in [0.1, 0.15) is 10.4 Å². The Morgan fingerprint density at radius 3 is 2.35 bits per heavy atom. The van der Waals surface area contributed by atoms with Crippen LogP contribution in [-0.2, 0) is 10.0 Å². The van der Waals surface area contributed by atoms with Crippen LogP contribution < -0.4 is 10.2 Å². The lowest BCUT2D eigenvalue weighted by Crippen LogP contribution is -2.33. The molecule has 0 aromatic heterocycles. The molecular formula is C18H22BrN3O3S. The van der Waals surface area contributed by atoms with Gasteiger partial charge in [0.1, 0.15) is 0 Å². The smallest absolute Gasteiger partial charge is 0.251 e. The van der Waals surface area contributed by atoms with Crippen molar-refractivity contribution in [1.82, 2.24) is 9.62 Å². The average molecular weight is 440 g/mol. The largest absolute Gasteiger partial charge is 0.373 e. The maximum absolute atomic E-state index is 12.4. The highest BCUT2D eigenvalue weighted by Crippen LogP contribution is 2.25. The zero-order valence-corrected chi connectivity index (χ0v) is 17.3. The molecule has 0 radical (unpaired) electrons. The number of amides is 1. The summed E-state index contributed by atoms with van der Waals surface area (Å²) < 4.78 is 26.2. The summed E-state index contributed by atoms with van der Waals surface area (Å²) in [6.07, 6.45) is 0. The van der Waals surface area contributed by atoms with Gasteiger partial charge in [-0.2, -0.15) is 0 Å². The van der Waals surface area contributed by atoms with E-state index >= 15 is 0 Å². The van der Waals surface area contributed by atoms with Gasteiger partial charge in [-0.15, -0.1) is 0 Å². The van der Waals surface area contributed by atoms with Gasteiger partial charge in [-0.1, -0.05) is 18.2 Å². The Balaban J connectivity index is 2.04. The maximum Gasteiger partial charge on any atom is 0.251 e. The average Bonchev–Trinajstić information content (AvgIpc) is 2.62. The number of sulfonamides is 1. The van der Waals surface area contributed by atoms with E-state index in [4.69, 9.17) is 0 Å². The number of hydrogen-bond donors (Lipinski definition) is 1. The van der Waals surface area contributed by atoms with Gasteiger partial charge in [0.15, 0.2) is 0 Å². The van der Waals surface area contributed by atoms with Gasteiger partial charge >= 0.3 is 0 Å². The Hall–Kier alpha value is -1.90. The molecule has 0 spiro atoms. The predicted molar refractivity (Wildman–Crippen MR) is 107 cm³/mol. The quantitative estimate of drug-likeness (QED) is 0.719. The van der Waals surface area contributed by atoms with Crippen LogP contribution in [0.15, 0.2) is 57.9 Å². The molecule has 6 nitrogen and oxygen atoms in total. The number of rotatable bonds is 7. The molecule has 2 aromatic carbocycles. The summed E-state index contributed by atoms with van der Waals surface area (Å²) in [5.41, 5.74) is 1.36. The fourth-order valence-electron chi connectivity index (χ4n) is 2.29. The minimum absolute atomic E-state index is 0.0663. The van der Waals surface area contributed by atoms with E-state index in [0.717, 1.165) is 9.99 Å². The first-order valence-electron chi connectivity index (χ1n) is 8.00. The molecule has 2 aromatic rings. The number of hydrogen-bond acceptors (Lipinski definition) is 4. The molecule has 0 saturated heterocycles. The Bertz CT molecular complexity index is 871. The van der Waals surface area contributed by atoms with Gasteiger partial charge in [-0.3, -0.25) is 4.79 Å². The predicted octanol–water partition coefficient (Wildman–Crippen LogP) is 2.57. The van der Waals surface area contributed by atoms with Crippen molar-refractivity contribution in [2.75, 3.05) is 39.1 Å². The molecule has 1 N–H and O–H groups in total. The van der Waals surface area contributed by atoms with Crippen molar-refractivity contribution in [2.45, 2.75) is 4.90 Å². The number of anilines is 1. The van der Waals surface area contributed by atoms with Crippen molar-refractivity contribution in [3.05, 3.63) is 58.6 Å². The fraction of sp³-hybridized carbons (Fsp3) is 0.278. The van der Waals surface area contributed by atoms with Gasteiger partial charge in [-0.05, 0) is 46.3 Å². The van der Waals surface area contributed by atoms with Gasteiger partial charge in [-0.25, -0.2) is 12.7 Å². The fourth-order valence-corrected chi connectivity index (χ4v) is 4.13. The minimum atomic E-state index is -3.64. The molecule has 0 aliphatic heterocycles. The Morgan fingerprint density at radius 1 is 1.08 bits per heavy atom. The number of halogens is 1. The summed E-state index contributed by atoms with van der Waals surface area (Å²) in [7, 11) is 1.22. The zero-order chi connectivity index (χ0) is 19.3. The molecule has 0 atom stereocenters. The molecule has 1 amide bonds. The molecule has 0 fully saturated rings. The summed E-state index contributed by atoms with van der Waals surface area (Å²) in [5.74, 6) is -0.311. The van der Waals surface area contributed by atoms with Crippen molar-refractivity contribution >= 4 is 37.5 Å². The lowest BCUT2D eigenvalue weighted by molar-refractivity contribution is 0.0954. The number of benzene rings is 2.